The maximum absolute atomic E-state index is 3.74. The molecule has 1 aromatic carbocycles. The van der Waals surface area contributed by atoms with E-state index in [0.717, 1.165) is 13.1 Å². The summed E-state index contributed by atoms with van der Waals surface area (Å²) in [6, 6.07) is 7.76. The largest absolute Gasteiger partial charge is 0.370 e. The Morgan fingerprint density at radius 1 is 1.48 bits per heavy atom. The lowest BCUT2D eigenvalue weighted by atomic mass is 10.0. The second kappa shape index (κ2) is 7.61. The van der Waals surface area contributed by atoms with Crippen LogP contribution in [0.15, 0.2) is 22.7 Å². The third-order valence-corrected chi connectivity index (χ3v) is 5.20. The van der Waals surface area contributed by atoms with Crippen molar-refractivity contribution in [1.29, 1.82) is 0 Å². The lowest BCUT2D eigenvalue weighted by Crippen LogP contribution is -2.45. The average Bonchev–Trinajstić information content (AvgIpc) is 2.46. The number of rotatable bonds is 5. The molecule has 0 radical (unpaired) electrons. The van der Waals surface area contributed by atoms with Crippen molar-refractivity contribution in [2.45, 2.75) is 38.8 Å². The molecule has 3 nitrogen and oxygen atoms in total. The normalized spacial score (nSPS) is 21.3. The fraction of sp³-hybridized carbons (Fsp3) is 0.647. The van der Waals surface area contributed by atoms with Gasteiger partial charge in [0.25, 0.3) is 0 Å². The number of nitrogens with one attached hydrogen (secondary N) is 1. The Morgan fingerprint density at radius 2 is 2.24 bits per heavy atom. The van der Waals surface area contributed by atoms with Crippen LogP contribution >= 0.6 is 15.9 Å². The van der Waals surface area contributed by atoms with E-state index in [1.54, 1.807) is 0 Å². The second-order valence-electron chi connectivity index (χ2n) is 6.15. The molecule has 21 heavy (non-hydrogen) atoms. The van der Waals surface area contributed by atoms with E-state index in [0.29, 0.717) is 12.1 Å². The predicted molar refractivity (Wildman–Crippen MR) is 95.2 cm³/mol. The first-order valence-electron chi connectivity index (χ1n) is 7.97. The minimum Gasteiger partial charge on any atom is -0.370 e. The Kier molecular flexibility index (Phi) is 6.08. The Labute approximate surface area is 137 Å². The fourth-order valence-corrected chi connectivity index (χ4v) is 3.88. The molecule has 0 saturated carbocycles. The number of nitrogens with zero attached hydrogens (tertiary/aromatic N) is 2. The summed E-state index contributed by atoms with van der Waals surface area (Å²) in [6.45, 7) is 7.73. The zero-order valence-electron chi connectivity index (χ0n) is 13.7. The molecule has 1 saturated heterocycles. The molecule has 0 amide bonds. The third-order valence-electron chi connectivity index (χ3n) is 4.52. The van der Waals surface area contributed by atoms with Crippen molar-refractivity contribution in [1.82, 2.24) is 10.2 Å². The summed E-state index contributed by atoms with van der Waals surface area (Å²) in [7, 11) is 4.44. The Hall–Kier alpha value is -0.580. The van der Waals surface area contributed by atoms with Crippen LogP contribution in [0.4, 0.5) is 5.69 Å². The van der Waals surface area contributed by atoms with Crippen molar-refractivity contribution in [2.75, 3.05) is 38.6 Å². The van der Waals surface area contributed by atoms with Gasteiger partial charge in [-0.3, -0.25) is 0 Å². The molecular formula is C17H28BrN3. The van der Waals surface area contributed by atoms with Crippen LogP contribution in [-0.2, 0) is 0 Å². The van der Waals surface area contributed by atoms with Crippen molar-refractivity contribution in [3.8, 4) is 0 Å². The van der Waals surface area contributed by atoms with Crippen LogP contribution in [0.1, 0.15) is 38.3 Å². The van der Waals surface area contributed by atoms with Crippen LogP contribution in [0.3, 0.4) is 0 Å². The molecule has 118 valence electrons. The molecule has 2 rings (SSSR count). The van der Waals surface area contributed by atoms with E-state index in [4.69, 9.17) is 0 Å². The molecule has 1 aliphatic rings. The number of anilines is 1. The van der Waals surface area contributed by atoms with Crippen LogP contribution in [0.5, 0.6) is 0 Å². The summed E-state index contributed by atoms with van der Waals surface area (Å²) < 4.78 is 1.20. The van der Waals surface area contributed by atoms with E-state index in [-0.39, 0.29) is 0 Å². The van der Waals surface area contributed by atoms with Gasteiger partial charge in [0.15, 0.2) is 0 Å². The summed E-state index contributed by atoms with van der Waals surface area (Å²) >= 11 is 3.74. The Bertz CT molecular complexity index is 463. The van der Waals surface area contributed by atoms with Gasteiger partial charge in [0, 0.05) is 35.8 Å². The summed E-state index contributed by atoms with van der Waals surface area (Å²) in [4.78, 5) is 4.86. The van der Waals surface area contributed by atoms with Crippen LogP contribution < -0.4 is 10.2 Å². The SMILES string of the molecule is CCNC(C)c1ccc(N(C)C2CCCN(C)C2)cc1Br. The van der Waals surface area contributed by atoms with Gasteiger partial charge < -0.3 is 15.1 Å². The van der Waals surface area contributed by atoms with E-state index < -0.39 is 0 Å². The van der Waals surface area contributed by atoms with Crippen molar-refractivity contribution in [2.24, 2.45) is 0 Å². The van der Waals surface area contributed by atoms with Gasteiger partial charge in [-0.2, -0.15) is 0 Å². The lowest BCUT2D eigenvalue weighted by molar-refractivity contribution is 0.248. The van der Waals surface area contributed by atoms with Gasteiger partial charge in [0.1, 0.15) is 0 Å². The second-order valence-corrected chi connectivity index (χ2v) is 7.01. The lowest BCUT2D eigenvalue weighted by Gasteiger charge is -2.37. The van der Waals surface area contributed by atoms with E-state index in [2.05, 4.69) is 77.2 Å². The highest BCUT2D eigenvalue weighted by Gasteiger charge is 2.22. The molecule has 1 aliphatic heterocycles. The zero-order chi connectivity index (χ0) is 15.4. The third kappa shape index (κ3) is 4.21. The first kappa shape index (κ1) is 16.8. The van der Waals surface area contributed by atoms with Crippen LogP contribution in [0.25, 0.3) is 0 Å². The van der Waals surface area contributed by atoms with Crippen molar-refractivity contribution in [3.63, 3.8) is 0 Å². The monoisotopic (exact) mass is 353 g/mol. The molecule has 1 fully saturated rings. The van der Waals surface area contributed by atoms with Gasteiger partial charge in [-0.1, -0.05) is 28.9 Å². The van der Waals surface area contributed by atoms with Crippen LogP contribution in [-0.4, -0.2) is 44.7 Å². The minimum atomic E-state index is 0.379. The molecule has 1 aromatic rings. The van der Waals surface area contributed by atoms with Crippen LogP contribution in [0, 0.1) is 0 Å². The highest BCUT2D eigenvalue weighted by molar-refractivity contribution is 9.10. The van der Waals surface area contributed by atoms with Gasteiger partial charge in [0.05, 0.1) is 0 Å². The predicted octanol–water partition coefficient (Wildman–Crippen LogP) is 3.65. The van der Waals surface area contributed by atoms with Gasteiger partial charge in [-0.25, -0.2) is 0 Å². The maximum atomic E-state index is 3.74. The van der Waals surface area contributed by atoms with Crippen molar-refractivity contribution >= 4 is 21.6 Å². The first-order valence-corrected chi connectivity index (χ1v) is 8.76. The number of likely N-dealkylation sites (tertiary alicyclic amines) is 1. The van der Waals surface area contributed by atoms with E-state index in [1.165, 1.54) is 35.1 Å². The van der Waals surface area contributed by atoms with Gasteiger partial charge in [-0.15, -0.1) is 0 Å². The number of piperidine rings is 1. The Morgan fingerprint density at radius 3 is 2.86 bits per heavy atom. The Balaban J connectivity index is 2.11. The van der Waals surface area contributed by atoms with Crippen molar-refractivity contribution in [3.05, 3.63) is 28.2 Å². The highest BCUT2D eigenvalue weighted by Crippen LogP contribution is 2.29. The smallest absolute Gasteiger partial charge is 0.0414 e. The molecule has 0 spiro atoms. The van der Waals surface area contributed by atoms with E-state index in [1.807, 2.05) is 0 Å². The van der Waals surface area contributed by atoms with Crippen molar-refractivity contribution < 1.29 is 0 Å². The molecule has 1 N–H and O–H groups in total. The molecule has 0 aliphatic carbocycles. The zero-order valence-corrected chi connectivity index (χ0v) is 15.3. The fourth-order valence-electron chi connectivity index (χ4n) is 3.17. The number of benzene rings is 1. The molecule has 2 atom stereocenters. The van der Waals surface area contributed by atoms with E-state index in [9.17, 15) is 0 Å². The van der Waals surface area contributed by atoms with E-state index >= 15 is 0 Å². The summed E-state index contributed by atoms with van der Waals surface area (Å²) in [6.07, 6.45) is 2.58. The first-order chi connectivity index (χ1) is 10.0. The number of hydrogen-bond acceptors (Lipinski definition) is 3. The standard InChI is InChI=1S/C17H28BrN3/c1-5-19-13(2)16-9-8-14(11-17(16)18)21(4)15-7-6-10-20(3)12-15/h8-9,11,13,15,19H,5-7,10,12H2,1-4H3. The quantitative estimate of drug-likeness (QED) is 0.871. The molecule has 0 aromatic heterocycles. The number of likely N-dealkylation sites (N-methyl/N-ethyl adjacent to an activating group) is 2. The summed E-state index contributed by atoms with van der Waals surface area (Å²) in [5.41, 5.74) is 2.63. The number of hydrogen-bond donors (Lipinski definition) is 1. The molecule has 2 unspecified atom stereocenters. The van der Waals surface area contributed by atoms with Gasteiger partial charge in [0.2, 0.25) is 0 Å². The summed E-state index contributed by atoms with van der Waals surface area (Å²) in [5.74, 6) is 0. The molecule has 1 heterocycles. The molecule has 4 heteroatoms. The molecule has 0 bridgehead atoms. The average molecular weight is 354 g/mol. The topological polar surface area (TPSA) is 18.5 Å². The maximum Gasteiger partial charge on any atom is 0.0414 e. The van der Waals surface area contributed by atoms with Gasteiger partial charge >= 0.3 is 0 Å². The van der Waals surface area contributed by atoms with Gasteiger partial charge in [-0.05, 0) is 57.6 Å². The number of halogens is 1. The minimum absolute atomic E-state index is 0.379. The highest BCUT2D eigenvalue weighted by atomic mass is 79.9. The summed E-state index contributed by atoms with van der Waals surface area (Å²) in [5, 5.41) is 3.47. The molecular weight excluding hydrogens is 326 g/mol. The van der Waals surface area contributed by atoms with Crippen LogP contribution in [0.2, 0.25) is 0 Å².